The molecule has 0 bridgehead atoms. The second-order valence-corrected chi connectivity index (χ2v) is 6.34. The van der Waals surface area contributed by atoms with E-state index < -0.39 is 0 Å². The molecule has 0 unspecified atom stereocenters. The molecule has 94 valence electrons. The maximum absolute atomic E-state index is 9.53. The normalized spacial score (nSPS) is 16.1. The minimum Gasteiger partial charge on any atom is -0.489 e. The third-order valence-corrected chi connectivity index (χ3v) is 3.71. The number of ether oxygens (including phenoxy) is 1. The zero-order valence-corrected chi connectivity index (χ0v) is 12.2. The van der Waals surface area contributed by atoms with Crippen molar-refractivity contribution < 1.29 is 9.84 Å². The van der Waals surface area contributed by atoms with Gasteiger partial charge in [0.05, 0.1) is 17.2 Å². The maximum Gasteiger partial charge on any atom is 0.137 e. The average Bonchev–Trinajstić information content (AvgIpc) is 3.05. The van der Waals surface area contributed by atoms with Crippen molar-refractivity contribution in [3.63, 3.8) is 0 Å². The molecule has 2 rings (SSSR count). The third-order valence-electron chi connectivity index (χ3n) is 3.12. The molecule has 3 heteroatoms. The Kier molecular flexibility index (Phi) is 3.50. The first-order valence-electron chi connectivity index (χ1n) is 6.02. The summed E-state index contributed by atoms with van der Waals surface area (Å²) >= 11 is 3.57. The second kappa shape index (κ2) is 4.62. The number of hydrogen-bond donors (Lipinski definition) is 1. The van der Waals surface area contributed by atoms with Crippen LogP contribution >= 0.6 is 15.9 Å². The summed E-state index contributed by atoms with van der Waals surface area (Å²) in [5, 5.41) is 9.53. The molecule has 1 fully saturated rings. The fourth-order valence-electron chi connectivity index (χ4n) is 1.79. The van der Waals surface area contributed by atoms with Gasteiger partial charge in [0.1, 0.15) is 5.75 Å². The number of halogens is 1. The molecule has 0 aromatic heterocycles. The van der Waals surface area contributed by atoms with Crippen LogP contribution in [-0.4, -0.2) is 17.8 Å². The van der Waals surface area contributed by atoms with Gasteiger partial charge in [0.15, 0.2) is 0 Å². The Bertz CT molecular complexity index is 422. The van der Waals surface area contributed by atoms with Gasteiger partial charge in [-0.25, -0.2) is 0 Å². The van der Waals surface area contributed by atoms with E-state index in [1.54, 1.807) is 0 Å². The molecule has 0 radical (unpaired) electrons. The molecule has 0 atom stereocenters. The van der Waals surface area contributed by atoms with Gasteiger partial charge in [-0.05, 0) is 47.3 Å². The largest absolute Gasteiger partial charge is 0.489 e. The lowest BCUT2D eigenvalue weighted by atomic mass is 9.84. The van der Waals surface area contributed by atoms with Crippen molar-refractivity contribution >= 4 is 15.9 Å². The van der Waals surface area contributed by atoms with Crippen LogP contribution in [0.25, 0.3) is 0 Å². The van der Waals surface area contributed by atoms with Crippen molar-refractivity contribution in [2.24, 2.45) is 0 Å². The summed E-state index contributed by atoms with van der Waals surface area (Å²) in [7, 11) is 0. The molecule has 17 heavy (non-hydrogen) atoms. The van der Waals surface area contributed by atoms with Crippen LogP contribution in [0, 0.1) is 6.92 Å². The second-order valence-electron chi connectivity index (χ2n) is 5.48. The number of aryl methyl sites for hydroxylation is 1. The van der Waals surface area contributed by atoms with Crippen LogP contribution < -0.4 is 4.74 Å². The van der Waals surface area contributed by atoms with Crippen molar-refractivity contribution in [1.82, 2.24) is 0 Å². The minimum absolute atomic E-state index is 0.115. The van der Waals surface area contributed by atoms with Crippen molar-refractivity contribution in [2.45, 2.75) is 45.1 Å². The van der Waals surface area contributed by atoms with Gasteiger partial charge in [-0.3, -0.25) is 0 Å². The number of aliphatic hydroxyl groups excluding tert-OH is 1. The van der Waals surface area contributed by atoms with Crippen LogP contribution in [-0.2, 0) is 5.41 Å². The summed E-state index contributed by atoms with van der Waals surface area (Å²) in [6.07, 6.45) is 2.64. The quantitative estimate of drug-likeness (QED) is 0.921. The summed E-state index contributed by atoms with van der Waals surface area (Å²) in [6, 6.07) is 4.17. The van der Waals surface area contributed by atoms with Gasteiger partial charge in [-0.2, -0.15) is 0 Å². The van der Waals surface area contributed by atoms with Gasteiger partial charge in [0, 0.05) is 11.0 Å². The summed E-state index contributed by atoms with van der Waals surface area (Å²) in [4.78, 5) is 0. The summed E-state index contributed by atoms with van der Waals surface area (Å²) in [5.74, 6) is 0.900. The van der Waals surface area contributed by atoms with Crippen molar-refractivity contribution in [3.05, 3.63) is 27.7 Å². The molecule has 0 spiro atoms. The highest BCUT2D eigenvalue weighted by atomic mass is 79.9. The lowest BCUT2D eigenvalue weighted by Crippen LogP contribution is -2.23. The predicted octanol–water partition coefficient (Wildman–Crippen LogP) is 3.57. The molecule has 1 aliphatic rings. The van der Waals surface area contributed by atoms with Gasteiger partial charge < -0.3 is 9.84 Å². The first kappa shape index (κ1) is 12.9. The minimum atomic E-state index is -0.279. The van der Waals surface area contributed by atoms with Crippen molar-refractivity contribution in [2.75, 3.05) is 6.61 Å². The van der Waals surface area contributed by atoms with Gasteiger partial charge in [0.2, 0.25) is 0 Å². The lowest BCUT2D eigenvalue weighted by molar-refractivity contribution is 0.210. The molecular weight excluding hydrogens is 280 g/mol. The Hall–Kier alpha value is -0.540. The molecular formula is C14H19BrO2. The molecule has 1 aromatic rings. The Morgan fingerprint density at radius 3 is 2.59 bits per heavy atom. The monoisotopic (exact) mass is 298 g/mol. The van der Waals surface area contributed by atoms with E-state index in [-0.39, 0.29) is 12.0 Å². The van der Waals surface area contributed by atoms with Crippen LogP contribution in [0.1, 0.15) is 37.8 Å². The van der Waals surface area contributed by atoms with Crippen LogP contribution in [0.5, 0.6) is 5.75 Å². The highest BCUT2D eigenvalue weighted by Gasteiger charge is 2.30. The molecule has 1 aliphatic carbocycles. The predicted molar refractivity (Wildman–Crippen MR) is 72.6 cm³/mol. The topological polar surface area (TPSA) is 29.5 Å². The lowest BCUT2D eigenvalue weighted by Gasteiger charge is -2.26. The Labute approximate surface area is 111 Å². The SMILES string of the molecule is Cc1cc(Br)c(OC2CC2)c(C(C)(C)CO)c1. The van der Waals surface area contributed by atoms with E-state index in [9.17, 15) is 5.11 Å². The molecule has 2 nitrogen and oxygen atoms in total. The van der Waals surface area contributed by atoms with Gasteiger partial charge in [0.25, 0.3) is 0 Å². The van der Waals surface area contributed by atoms with E-state index in [0.29, 0.717) is 6.10 Å². The summed E-state index contributed by atoms with van der Waals surface area (Å²) < 4.78 is 6.96. The standard InChI is InChI=1S/C14H19BrO2/c1-9-6-11(14(2,3)8-16)13(12(15)7-9)17-10-4-5-10/h6-7,10,16H,4-5,8H2,1-3H3. The first-order chi connectivity index (χ1) is 7.94. The zero-order chi connectivity index (χ0) is 12.6. The average molecular weight is 299 g/mol. The summed E-state index contributed by atoms with van der Waals surface area (Å²) in [5.41, 5.74) is 1.98. The van der Waals surface area contributed by atoms with Crippen molar-refractivity contribution in [3.8, 4) is 5.75 Å². The van der Waals surface area contributed by atoms with E-state index in [2.05, 4.69) is 35.0 Å². The zero-order valence-electron chi connectivity index (χ0n) is 10.6. The molecule has 1 saturated carbocycles. The number of hydrogen-bond acceptors (Lipinski definition) is 2. The van der Waals surface area contributed by atoms with E-state index in [4.69, 9.17) is 4.74 Å². The van der Waals surface area contributed by atoms with E-state index in [0.717, 1.165) is 28.6 Å². The van der Waals surface area contributed by atoms with Crippen LogP contribution in [0.4, 0.5) is 0 Å². The maximum atomic E-state index is 9.53. The highest BCUT2D eigenvalue weighted by Crippen LogP contribution is 2.41. The van der Waals surface area contributed by atoms with Gasteiger partial charge in [-0.15, -0.1) is 0 Å². The van der Waals surface area contributed by atoms with Gasteiger partial charge in [-0.1, -0.05) is 19.9 Å². The number of aliphatic hydroxyl groups is 1. The fourth-order valence-corrected chi connectivity index (χ4v) is 2.46. The van der Waals surface area contributed by atoms with Crippen LogP contribution in [0.2, 0.25) is 0 Å². The third kappa shape index (κ3) is 2.83. The van der Waals surface area contributed by atoms with Crippen molar-refractivity contribution in [1.29, 1.82) is 0 Å². The fraction of sp³-hybridized carbons (Fsp3) is 0.571. The Morgan fingerprint density at radius 1 is 1.41 bits per heavy atom. The molecule has 0 saturated heterocycles. The van der Waals surface area contributed by atoms with E-state index >= 15 is 0 Å². The summed E-state index contributed by atoms with van der Waals surface area (Å²) in [6.45, 7) is 6.24. The Morgan fingerprint density at radius 2 is 2.06 bits per heavy atom. The van der Waals surface area contributed by atoms with Gasteiger partial charge >= 0.3 is 0 Å². The molecule has 1 N–H and O–H groups in total. The molecule has 1 aromatic carbocycles. The Balaban J connectivity index is 2.45. The van der Waals surface area contributed by atoms with Crippen LogP contribution in [0.15, 0.2) is 16.6 Å². The number of rotatable bonds is 4. The number of benzene rings is 1. The molecule has 0 heterocycles. The smallest absolute Gasteiger partial charge is 0.137 e. The first-order valence-corrected chi connectivity index (χ1v) is 6.81. The van der Waals surface area contributed by atoms with E-state index in [1.165, 1.54) is 5.56 Å². The molecule has 0 aliphatic heterocycles. The highest BCUT2D eigenvalue weighted by molar-refractivity contribution is 9.10. The van der Waals surface area contributed by atoms with Crippen LogP contribution in [0.3, 0.4) is 0 Å². The molecule has 0 amide bonds. The van der Waals surface area contributed by atoms with E-state index in [1.807, 2.05) is 13.8 Å².